The molecule has 6 nitrogen and oxygen atoms in total. The zero-order valence-corrected chi connectivity index (χ0v) is 12.0. The molecule has 1 aromatic heterocycles. The summed E-state index contributed by atoms with van der Waals surface area (Å²) in [6, 6.07) is 2.78. The predicted octanol–water partition coefficient (Wildman–Crippen LogP) is 1.29. The molecular formula is C15H21NO5. The van der Waals surface area contributed by atoms with Gasteiger partial charge in [0.2, 0.25) is 5.91 Å². The van der Waals surface area contributed by atoms with Gasteiger partial charge in [0.25, 0.3) is 0 Å². The Balaban J connectivity index is 1.78. The molecule has 0 bridgehead atoms. The van der Waals surface area contributed by atoms with Gasteiger partial charge >= 0.3 is 5.97 Å². The Morgan fingerprint density at radius 2 is 2.19 bits per heavy atom. The number of aryl methyl sites for hydroxylation is 1. The summed E-state index contributed by atoms with van der Waals surface area (Å²) in [6.45, 7) is 1.89. The quantitative estimate of drug-likeness (QED) is 0.671. The Morgan fingerprint density at radius 3 is 2.76 bits per heavy atom. The van der Waals surface area contributed by atoms with Crippen molar-refractivity contribution in [3.63, 3.8) is 0 Å². The molecule has 2 unspecified atom stereocenters. The number of aliphatic hydroxyl groups excluding tert-OH is 1. The summed E-state index contributed by atoms with van der Waals surface area (Å²) < 4.78 is 5.69. The number of carboxylic acids is 1. The van der Waals surface area contributed by atoms with Gasteiger partial charge in [-0.25, -0.2) is 4.79 Å². The first kappa shape index (κ1) is 15.6. The molecule has 0 aromatic carbocycles. The zero-order valence-electron chi connectivity index (χ0n) is 12.0. The van der Waals surface area contributed by atoms with Gasteiger partial charge in [-0.15, -0.1) is 0 Å². The van der Waals surface area contributed by atoms with Crippen molar-refractivity contribution >= 4 is 11.9 Å². The monoisotopic (exact) mass is 295 g/mol. The lowest BCUT2D eigenvalue weighted by molar-refractivity contribution is -0.142. The maximum Gasteiger partial charge on any atom is 0.326 e. The molecule has 6 heteroatoms. The van der Waals surface area contributed by atoms with Gasteiger partial charge in [-0.3, -0.25) is 4.79 Å². The van der Waals surface area contributed by atoms with E-state index in [2.05, 4.69) is 12.2 Å². The van der Waals surface area contributed by atoms with E-state index in [0.29, 0.717) is 18.3 Å². The van der Waals surface area contributed by atoms with Crippen LogP contribution >= 0.6 is 0 Å². The predicted molar refractivity (Wildman–Crippen MR) is 74.8 cm³/mol. The van der Waals surface area contributed by atoms with Crippen LogP contribution in [0.5, 0.6) is 0 Å². The minimum absolute atomic E-state index is 0.00550. The molecule has 0 spiro atoms. The van der Waals surface area contributed by atoms with Crippen molar-refractivity contribution in [3.05, 3.63) is 23.7 Å². The van der Waals surface area contributed by atoms with Crippen LogP contribution in [0.1, 0.15) is 43.6 Å². The molecule has 1 heterocycles. The number of aliphatic carboxylic acids is 1. The van der Waals surface area contributed by atoms with Gasteiger partial charge < -0.3 is 19.9 Å². The normalized spacial score (nSPS) is 21.8. The molecule has 0 saturated heterocycles. The van der Waals surface area contributed by atoms with E-state index in [-0.39, 0.29) is 25.4 Å². The zero-order chi connectivity index (χ0) is 15.4. The molecule has 1 saturated carbocycles. The van der Waals surface area contributed by atoms with Crippen molar-refractivity contribution < 1.29 is 24.2 Å². The maximum atomic E-state index is 11.7. The number of carboxylic acid groups (broad SMARTS) is 1. The van der Waals surface area contributed by atoms with Gasteiger partial charge in [-0.1, -0.05) is 6.92 Å². The van der Waals surface area contributed by atoms with E-state index in [1.54, 1.807) is 0 Å². The summed E-state index contributed by atoms with van der Waals surface area (Å²) in [5.41, 5.74) is 0. The van der Waals surface area contributed by atoms with Crippen LogP contribution in [0, 0.1) is 5.92 Å². The molecule has 0 aliphatic heterocycles. The molecule has 2 rings (SSSR count). The van der Waals surface area contributed by atoms with E-state index in [1.807, 2.05) is 12.1 Å². The highest BCUT2D eigenvalue weighted by Crippen LogP contribution is 2.47. The summed E-state index contributed by atoms with van der Waals surface area (Å²) >= 11 is 0. The average Bonchev–Trinajstić information content (AvgIpc) is 2.99. The van der Waals surface area contributed by atoms with Gasteiger partial charge in [0.15, 0.2) is 0 Å². The van der Waals surface area contributed by atoms with E-state index >= 15 is 0 Å². The summed E-state index contributed by atoms with van der Waals surface area (Å²) in [4.78, 5) is 22.6. The van der Waals surface area contributed by atoms with Gasteiger partial charge in [-0.2, -0.15) is 0 Å². The molecule has 21 heavy (non-hydrogen) atoms. The van der Waals surface area contributed by atoms with Crippen LogP contribution in [0.25, 0.3) is 0 Å². The van der Waals surface area contributed by atoms with Crippen LogP contribution < -0.4 is 5.32 Å². The molecule has 3 N–H and O–H groups in total. The lowest BCUT2D eigenvalue weighted by Crippen LogP contribution is -2.41. The van der Waals surface area contributed by atoms with Gasteiger partial charge in [0.1, 0.15) is 17.6 Å². The Bertz CT molecular complexity index is 510. The average molecular weight is 295 g/mol. The van der Waals surface area contributed by atoms with E-state index < -0.39 is 12.0 Å². The highest BCUT2D eigenvalue weighted by Gasteiger charge is 2.36. The van der Waals surface area contributed by atoms with E-state index in [4.69, 9.17) is 14.6 Å². The molecule has 116 valence electrons. The lowest BCUT2D eigenvalue weighted by Gasteiger charge is -2.12. The van der Waals surface area contributed by atoms with E-state index in [9.17, 15) is 9.59 Å². The number of furan rings is 1. The van der Waals surface area contributed by atoms with Gasteiger partial charge in [-0.05, 0) is 24.5 Å². The number of hydrogen-bond donors (Lipinski definition) is 3. The third-order valence-electron chi connectivity index (χ3n) is 3.81. The fourth-order valence-electron chi connectivity index (χ4n) is 2.34. The first-order chi connectivity index (χ1) is 10.0. The number of amides is 1. The van der Waals surface area contributed by atoms with Crippen LogP contribution in [0.4, 0.5) is 0 Å². The Labute approximate surface area is 123 Å². The molecule has 1 aliphatic carbocycles. The fourth-order valence-corrected chi connectivity index (χ4v) is 2.34. The minimum atomic E-state index is -1.14. The summed E-state index contributed by atoms with van der Waals surface area (Å²) in [6.07, 6.45) is 1.77. The second kappa shape index (κ2) is 6.76. The summed E-state index contributed by atoms with van der Waals surface area (Å²) in [5, 5.41) is 20.0. The van der Waals surface area contributed by atoms with Gasteiger partial charge in [0.05, 0.1) is 0 Å². The molecule has 0 radical (unpaired) electrons. The van der Waals surface area contributed by atoms with Crippen molar-refractivity contribution in [2.45, 2.75) is 44.6 Å². The number of nitrogens with one attached hydrogen (secondary N) is 1. The third-order valence-corrected chi connectivity index (χ3v) is 3.81. The van der Waals surface area contributed by atoms with Crippen LogP contribution in [0.15, 0.2) is 16.5 Å². The number of aliphatic hydroxyl groups is 1. The van der Waals surface area contributed by atoms with E-state index in [1.165, 1.54) is 0 Å². The van der Waals surface area contributed by atoms with Crippen molar-refractivity contribution in [2.75, 3.05) is 6.61 Å². The lowest BCUT2D eigenvalue weighted by atomic mass is 10.2. The Kier molecular flexibility index (Phi) is 5.01. The van der Waals surface area contributed by atoms with Crippen molar-refractivity contribution in [1.29, 1.82) is 0 Å². The molecule has 1 aliphatic rings. The van der Waals surface area contributed by atoms with Crippen molar-refractivity contribution in [3.8, 4) is 0 Å². The van der Waals surface area contributed by atoms with Crippen LogP contribution in [-0.2, 0) is 16.0 Å². The fraction of sp³-hybridized carbons (Fsp3) is 0.600. The number of carbonyl (C=O) groups excluding carboxylic acids is 1. The number of rotatable bonds is 8. The SMILES string of the molecule is CC1CC1c1ccc(CCC(=O)N[C@@H](CCO)C(=O)O)o1. The minimum Gasteiger partial charge on any atom is -0.480 e. The highest BCUT2D eigenvalue weighted by atomic mass is 16.4. The molecular weight excluding hydrogens is 274 g/mol. The smallest absolute Gasteiger partial charge is 0.326 e. The second-order valence-corrected chi connectivity index (χ2v) is 5.59. The van der Waals surface area contributed by atoms with Crippen molar-refractivity contribution in [2.24, 2.45) is 5.92 Å². The molecule has 1 fully saturated rings. The maximum absolute atomic E-state index is 11.7. The Hall–Kier alpha value is -1.82. The first-order valence-electron chi connectivity index (χ1n) is 7.23. The number of hydrogen-bond acceptors (Lipinski definition) is 4. The van der Waals surface area contributed by atoms with Gasteiger partial charge in [0, 0.05) is 31.8 Å². The first-order valence-corrected chi connectivity index (χ1v) is 7.23. The van der Waals surface area contributed by atoms with E-state index in [0.717, 1.165) is 17.9 Å². The second-order valence-electron chi connectivity index (χ2n) is 5.59. The topological polar surface area (TPSA) is 99.8 Å². The largest absolute Gasteiger partial charge is 0.480 e. The standard InChI is InChI=1S/C15H21NO5/c1-9-8-11(9)13-4-2-10(21-13)3-5-14(18)16-12(6-7-17)15(19)20/h2,4,9,11-12,17H,3,5-8H2,1H3,(H,16,18)(H,19,20)/t9?,11?,12-/m0/s1. The molecule has 3 atom stereocenters. The highest BCUT2D eigenvalue weighted by molar-refractivity contribution is 5.83. The van der Waals surface area contributed by atoms with Crippen LogP contribution in [-0.4, -0.2) is 34.7 Å². The van der Waals surface area contributed by atoms with Crippen LogP contribution in [0.2, 0.25) is 0 Å². The number of carbonyl (C=O) groups is 2. The molecule has 1 aromatic rings. The van der Waals surface area contributed by atoms with Crippen molar-refractivity contribution in [1.82, 2.24) is 5.32 Å². The van der Waals surface area contributed by atoms with Crippen LogP contribution in [0.3, 0.4) is 0 Å². The Morgan fingerprint density at radius 1 is 1.48 bits per heavy atom. The summed E-state index contributed by atoms with van der Waals surface area (Å²) in [7, 11) is 0. The summed E-state index contributed by atoms with van der Waals surface area (Å²) in [5.74, 6) is 1.40. The third kappa shape index (κ3) is 4.32. The molecule has 1 amide bonds.